The lowest BCUT2D eigenvalue weighted by atomic mass is 10.1. The third-order valence-electron chi connectivity index (χ3n) is 3.05. The van der Waals surface area contributed by atoms with Crippen molar-refractivity contribution >= 4 is 6.29 Å². The zero-order chi connectivity index (χ0) is 13.9. The summed E-state index contributed by atoms with van der Waals surface area (Å²) in [4.78, 5) is 11.0. The van der Waals surface area contributed by atoms with Crippen molar-refractivity contribution in [2.24, 2.45) is 0 Å². The molecule has 3 rings (SSSR count). The average Bonchev–Trinajstić information content (AvgIpc) is 2.86. The molecule has 0 amide bonds. The van der Waals surface area contributed by atoms with E-state index in [1.807, 2.05) is 60.7 Å². The van der Waals surface area contributed by atoms with Gasteiger partial charge >= 0.3 is 0 Å². The molecule has 20 heavy (non-hydrogen) atoms. The van der Waals surface area contributed by atoms with E-state index in [1.54, 1.807) is 4.68 Å². The van der Waals surface area contributed by atoms with Crippen LogP contribution in [0, 0.1) is 0 Å². The van der Waals surface area contributed by atoms with Gasteiger partial charge in [0.2, 0.25) is 0 Å². The van der Waals surface area contributed by atoms with Crippen molar-refractivity contribution in [1.29, 1.82) is 0 Å². The van der Waals surface area contributed by atoms with Crippen molar-refractivity contribution in [1.82, 2.24) is 9.78 Å². The summed E-state index contributed by atoms with van der Waals surface area (Å²) >= 11 is 0. The predicted octanol–water partition coefficient (Wildman–Crippen LogP) is 3.06. The van der Waals surface area contributed by atoms with Gasteiger partial charge in [0.15, 0.2) is 17.7 Å². The van der Waals surface area contributed by atoms with Crippen molar-refractivity contribution in [2.45, 2.75) is 0 Å². The summed E-state index contributed by atoms with van der Waals surface area (Å²) in [7, 11) is 0. The number of hydrogen-bond donors (Lipinski definition) is 1. The van der Waals surface area contributed by atoms with Gasteiger partial charge in [-0.3, -0.25) is 4.79 Å². The standard InChI is InChI=1S/C16H12N2O2/c19-11-14-16(20)15(12-7-3-1-4-8-12)18(17-14)13-9-5-2-6-10-13/h1-11,20H. The minimum absolute atomic E-state index is 0.0349. The molecule has 0 aliphatic heterocycles. The molecule has 0 saturated heterocycles. The normalized spacial score (nSPS) is 10.4. The predicted molar refractivity (Wildman–Crippen MR) is 76.1 cm³/mol. The smallest absolute Gasteiger partial charge is 0.174 e. The van der Waals surface area contributed by atoms with Crippen LogP contribution in [0.25, 0.3) is 16.9 Å². The summed E-state index contributed by atoms with van der Waals surface area (Å²) in [5, 5.41) is 14.4. The highest BCUT2D eigenvalue weighted by Gasteiger charge is 2.19. The Kier molecular flexibility index (Phi) is 3.05. The molecule has 4 nitrogen and oxygen atoms in total. The number of aldehydes is 1. The van der Waals surface area contributed by atoms with Crippen molar-refractivity contribution in [3.8, 4) is 22.7 Å². The highest BCUT2D eigenvalue weighted by atomic mass is 16.3. The SMILES string of the molecule is O=Cc1nn(-c2ccccc2)c(-c2ccccc2)c1O. The third kappa shape index (κ3) is 1.97. The van der Waals surface area contributed by atoms with Gasteiger partial charge in [0.1, 0.15) is 5.69 Å². The summed E-state index contributed by atoms with van der Waals surface area (Å²) in [5.74, 6) is -0.102. The Morgan fingerprint density at radius 2 is 1.55 bits per heavy atom. The van der Waals surface area contributed by atoms with Gasteiger partial charge in [-0.2, -0.15) is 5.10 Å². The van der Waals surface area contributed by atoms with E-state index in [2.05, 4.69) is 5.10 Å². The maximum atomic E-state index is 11.0. The number of aromatic nitrogens is 2. The molecule has 0 unspecified atom stereocenters. The van der Waals surface area contributed by atoms with Gasteiger partial charge in [0.25, 0.3) is 0 Å². The van der Waals surface area contributed by atoms with E-state index in [0.717, 1.165) is 11.3 Å². The highest BCUT2D eigenvalue weighted by molar-refractivity contribution is 5.83. The van der Waals surface area contributed by atoms with Crippen LogP contribution < -0.4 is 0 Å². The number of aromatic hydroxyl groups is 1. The summed E-state index contributed by atoms with van der Waals surface area (Å²) in [5.41, 5.74) is 2.14. The van der Waals surface area contributed by atoms with Crippen LogP contribution in [0.1, 0.15) is 10.5 Å². The van der Waals surface area contributed by atoms with Crippen molar-refractivity contribution in [3.05, 3.63) is 66.4 Å². The van der Waals surface area contributed by atoms with Crippen LogP contribution in [0.5, 0.6) is 5.75 Å². The second-order valence-corrected chi connectivity index (χ2v) is 4.31. The Hall–Kier alpha value is -2.88. The zero-order valence-electron chi connectivity index (χ0n) is 10.6. The second-order valence-electron chi connectivity index (χ2n) is 4.31. The summed E-state index contributed by atoms with van der Waals surface area (Å²) in [6, 6.07) is 18.8. The lowest BCUT2D eigenvalue weighted by Crippen LogP contribution is -1.99. The lowest BCUT2D eigenvalue weighted by molar-refractivity contribution is 0.111. The van der Waals surface area contributed by atoms with Gasteiger partial charge in [-0.25, -0.2) is 4.68 Å². The second kappa shape index (κ2) is 5.01. The minimum atomic E-state index is -0.102. The van der Waals surface area contributed by atoms with E-state index in [-0.39, 0.29) is 11.4 Å². The molecule has 2 aromatic carbocycles. The largest absolute Gasteiger partial charge is 0.504 e. The Bertz CT molecular complexity index is 734. The number of hydrogen-bond acceptors (Lipinski definition) is 3. The molecule has 0 bridgehead atoms. The lowest BCUT2D eigenvalue weighted by Gasteiger charge is -2.07. The molecule has 1 aromatic heterocycles. The molecule has 0 radical (unpaired) electrons. The molecule has 98 valence electrons. The fraction of sp³-hybridized carbons (Fsp3) is 0. The van der Waals surface area contributed by atoms with Gasteiger partial charge in [0.05, 0.1) is 5.69 Å². The molecular formula is C16H12N2O2. The maximum absolute atomic E-state index is 11.0. The monoisotopic (exact) mass is 264 g/mol. The van der Waals surface area contributed by atoms with Crippen LogP contribution in [0.4, 0.5) is 0 Å². The first kappa shape index (κ1) is 12.2. The molecular weight excluding hydrogens is 252 g/mol. The zero-order valence-corrected chi connectivity index (χ0v) is 10.6. The molecule has 0 fully saturated rings. The Morgan fingerprint density at radius 3 is 2.15 bits per heavy atom. The van der Waals surface area contributed by atoms with Crippen LogP contribution in [-0.4, -0.2) is 21.2 Å². The third-order valence-corrected chi connectivity index (χ3v) is 3.05. The summed E-state index contributed by atoms with van der Waals surface area (Å²) in [6.45, 7) is 0. The molecule has 1 heterocycles. The Labute approximate surface area is 115 Å². The first-order valence-electron chi connectivity index (χ1n) is 6.19. The van der Waals surface area contributed by atoms with Crippen LogP contribution in [0.3, 0.4) is 0 Å². The van der Waals surface area contributed by atoms with E-state index < -0.39 is 0 Å². The number of nitrogens with zero attached hydrogens (tertiary/aromatic N) is 2. The fourth-order valence-corrected chi connectivity index (χ4v) is 2.12. The first-order chi connectivity index (χ1) is 9.81. The summed E-state index contributed by atoms with van der Waals surface area (Å²) in [6.07, 6.45) is 0.557. The number of rotatable bonds is 3. The molecule has 4 heteroatoms. The van der Waals surface area contributed by atoms with Gasteiger partial charge < -0.3 is 5.11 Å². The molecule has 1 N–H and O–H groups in total. The van der Waals surface area contributed by atoms with Crippen LogP contribution in [0.15, 0.2) is 60.7 Å². The van der Waals surface area contributed by atoms with E-state index in [0.29, 0.717) is 12.0 Å². The minimum Gasteiger partial charge on any atom is -0.504 e. The molecule has 0 aliphatic carbocycles. The van der Waals surface area contributed by atoms with E-state index in [9.17, 15) is 9.90 Å². The van der Waals surface area contributed by atoms with E-state index in [1.165, 1.54) is 0 Å². The highest BCUT2D eigenvalue weighted by Crippen LogP contribution is 2.33. The van der Waals surface area contributed by atoms with E-state index >= 15 is 0 Å². The topological polar surface area (TPSA) is 55.1 Å². The average molecular weight is 264 g/mol. The van der Waals surface area contributed by atoms with Crippen LogP contribution >= 0.6 is 0 Å². The molecule has 0 spiro atoms. The van der Waals surface area contributed by atoms with E-state index in [4.69, 9.17) is 0 Å². The number of benzene rings is 2. The number of para-hydroxylation sites is 1. The first-order valence-corrected chi connectivity index (χ1v) is 6.19. The van der Waals surface area contributed by atoms with Crippen molar-refractivity contribution < 1.29 is 9.90 Å². The quantitative estimate of drug-likeness (QED) is 0.740. The van der Waals surface area contributed by atoms with Gasteiger partial charge in [-0.1, -0.05) is 48.5 Å². The number of carbonyl (C=O) groups is 1. The molecule has 0 atom stereocenters. The fourth-order valence-electron chi connectivity index (χ4n) is 2.12. The van der Waals surface area contributed by atoms with Gasteiger partial charge in [0, 0.05) is 5.56 Å². The molecule has 0 aliphatic rings. The maximum Gasteiger partial charge on any atom is 0.174 e. The van der Waals surface area contributed by atoms with Crippen LogP contribution in [-0.2, 0) is 0 Å². The van der Waals surface area contributed by atoms with Crippen molar-refractivity contribution in [3.63, 3.8) is 0 Å². The Morgan fingerprint density at radius 1 is 0.950 bits per heavy atom. The molecule has 0 saturated carbocycles. The number of carbonyl (C=O) groups excluding carboxylic acids is 1. The van der Waals surface area contributed by atoms with Crippen molar-refractivity contribution in [2.75, 3.05) is 0 Å². The van der Waals surface area contributed by atoms with Gasteiger partial charge in [-0.15, -0.1) is 0 Å². The summed E-state index contributed by atoms with van der Waals surface area (Å²) < 4.78 is 1.58. The van der Waals surface area contributed by atoms with Crippen LogP contribution in [0.2, 0.25) is 0 Å². The Balaban J connectivity index is 2.27. The van der Waals surface area contributed by atoms with Gasteiger partial charge in [-0.05, 0) is 12.1 Å². The molecule has 3 aromatic rings.